The van der Waals surface area contributed by atoms with E-state index in [9.17, 15) is 8.42 Å². The van der Waals surface area contributed by atoms with Crippen LogP contribution in [0.4, 0.5) is 5.82 Å². The second-order valence-corrected chi connectivity index (χ2v) is 10.3. The first-order valence-electron chi connectivity index (χ1n) is 10.0. The highest BCUT2D eigenvalue weighted by molar-refractivity contribution is 14.1. The first-order chi connectivity index (χ1) is 15.0. The summed E-state index contributed by atoms with van der Waals surface area (Å²) >= 11 is 2.17. The van der Waals surface area contributed by atoms with Crippen LogP contribution in [0.3, 0.4) is 0 Å². The lowest BCUT2D eigenvalue weighted by atomic mass is 10.1. The van der Waals surface area contributed by atoms with Gasteiger partial charge >= 0.3 is 0 Å². The summed E-state index contributed by atoms with van der Waals surface area (Å²) in [6.07, 6.45) is 0. The Balaban J connectivity index is 1.40. The fourth-order valence-electron chi connectivity index (χ4n) is 3.45. The Morgan fingerprint density at radius 1 is 0.903 bits per heavy atom. The third-order valence-corrected chi connectivity index (χ3v) is 7.76. The van der Waals surface area contributed by atoms with E-state index in [0.717, 1.165) is 26.4 Å². The van der Waals surface area contributed by atoms with E-state index in [2.05, 4.69) is 37.7 Å². The summed E-state index contributed by atoms with van der Waals surface area (Å²) in [7, 11) is -3.48. The smallest absolute Gasteiger partial charge is 0.243 e. The maximum atomic E-state index is 12.9. The maximum Gasteiger partial charge on any atom is 0.243 e. The van der Waals surface area contributed by atoms with Gasteiger partial charge < -0.3 is 9.64 Å². The molecule has 0 aliphatic carbocycles. The summed E-state index contributed by atoms with van der Waals surface area (Å²) in [4.78, 5) is 2.40. The molecule has 0 bridgehead atoms. The molecule has 3 aromatic rings. The van der Waals surface area contributed by atoms with Crippen LogP contribution in [0, 0.1) is 3.57 Å². The number of aromatic nitrogens is 2. The standard InChI is InChI=1S/C22H23IN4O3S/c1-2-30-19-7-3-17(4-8-19)21-11-12-22(25-24-21)26-13-15-27(16-14-26)31(28,29)20-9-5-18(23)6-10-20/h3-12H,2,13-16H2,1H3. The first-order valence-corrected chi connectivity index (χ1v) is 12.6. The van der Waals surface area contributed by atoms with Gasteiger partial charge in [0, 0.05) is 35.3 Å². The van der Waals surface area contributed by atoms with Crippen molar-refractivity contribution >= 4 is 38.4 Å². The summed E-state index contributed by atoms with van der Waals surface area (Å²) in [6.45, 7) is 4.55. The van der Waals surface area contributed by atoms with Gasteiger partial charge in [-0.1, -0.05) is 0 Å². The molecule has 0 atom stereocenters. The second-order valence-electron chi connectivity index (χ2n) is 7.08. The molecule has 7 nitrogen and oxygen atoms in total. The van der Waals surface area contributed by atoms with Crippen molar-refractivity contribution in [2.45, 2.75) is 11.8 Å². The molecule has 1 aromatic heterocycles. The molecule has 1 saturated heterocycles. The molecular weight excluding hydrogens is 527 g/mol. The van der Waals surface area contributed by atoms with Gasteiger partial charge in [0.2, 0.25) is 10.0 Å². The van der Waals surface area contributed by atoms with Crippen molar-refractivity contribution in [1.82, 2.24) is 14.5 Å². The van der Waals surface area contributed by atoms with Crippen LogP contribution in [0.15, 0.2) is 65.6 Å². The molecule has 0 saturated carbocycles. The zero-order valence-corrected chi connectivity index (χ0v) is 20.1. The molecule has 0 unspecified atom stereocenters. The lowest BCUT2D eigenvalue weighted by molar-refractivity contribution is 0.340. The van der Waals surface area contributed by atoms with Crippen molar-refractivity contribution in [3.05, 3.63) is 64.2 Å². The Labute approximate surface area is 196 Å². The summed E-state index contributed by atoms with van der Waals surface area (Å²) in [6, 6.07) is 18.6. The molecule has 2 aromatic carbocycles. The first kappa shape index (κ1) is 22.0. The van der Waals surface area contributed by atoms with Gasteiger partial charge in [-0.15, -0.1) is 10.2 Å². The lowest BCUT2D eigenvalue weighted by Gasteiger charge is -2.34. The maximum absolute atomic E-state index is 12.9. The predicted octanol–water partition coefficient (Wildman–Crippen LogP) is 3.66. The number of benzene rings is 2. The van der Waals surface area contributed by atoms with E-state index in [4.69, 9.17) is 4.74 Å². The van der Waals surface area contributed by atoms with E-state index in [1.54, 1.807) is 12.1 Å². The highest BCUT2D eigenvalue weighted by atomic mass is 127. The van der Waals surface area contributed by atoms with Crippen molar-refractivity contribution in [3.63, 3.8) is 0 Å². The van der Waals surface area contributed by atoms with E-state index in [-0.39, 0.29) is 0 Å². The van der Waals surface area contributed by atoms with Crippen LogP contribution < -0.4 is 9.64 Å². The van der Waals surface area contributed by atoms with Crippen molar-refractivity contribution < 1.29 is 13.2 Å². The zero-order chi connectivity index (χ0) is 21.8. The lowest BCUT2D eigenvalue weighted by Crippen LogP contribution is -2.49. The third kappa shape index (κ3) is 4.99. The molecular formula is C22H23IN4O3S. The average molecular weight is 550 g/mol. The van der Waals surface area contributed by atoms with E-state index in [1.165, 1.54) is 4.31 Å². The Bertz CT molecular complexity index is 1110. The van der Waals surface area contributed by atoms with Gasteiger partial charge in [-0.25, -0.2) is 8.42 Å². The monoisotopic (exact) mass is 550 g/mol. The molecule has 0 radical (unpaired) electrons. The van der Waals surface area contributed by atoms with Crippen LogP contribution in [0.2, 0.25) is 0 Å². The minimum atomic E-state index is -3.48. The quantitative estimate of drug-likeness (QED) is 0.437. The minimum absolute atomic E-state index is 0.334. The molecule has 9 heteroatoms. The predicted molar refractivity (Wildman–Crippen MR) is 129 cm³/mol. The highest BCUT2D eigenvalue weighted by Gasteiger charge is 2.29. The molecule has 31 heavy (non-hydrogen) atoms. The van der Waals surface area contributed by atoms with Crippen LogP contribution in [-0.4, -0.2) is 55.7 Å². The van der Waals surface area contributed by atoms with Gasteiger partial charge in [-0.3, -0.25) is 0 Å². The molecule has 1 fully saturated rings. The van der Waals surface area contributed by atoms with Crippen LogP contribution in [0.25, 0.3) is 11.3 Å². The number of rotatable bonds is 6. The molecule has 1 aliphatic rings. The topological polar surface area (TPSA) is 75.6 Å². The van der Waals surface area contributed by atoms with Gasteiger partial charge in [0.15, 0.2) is 5.82 Å². The minimum Gasteiger partial charge on any atom is -0.494 e. The van der Waals surface area contributed by atoms with E-state index >= 15 is 0 Å². The van der Waals surface area contributed by atoms with Crippen LogP contribution in [0.5, 0.6) is 5.75 Å². The van der Waals surface area contributed by atoms with Crippen molar-refractivity contribution in [2.24, 2.45) is 0 Å². The Morgan fingerprint density at radius 2 is 1.58 bits per heavy atom. The zero-order valence-electron chi connectivity index (χ0n) is 17.1. The molecule has 1 aliphatic heterocycles. The van der Waals surface area contributed by atoms with Gasteiger partial charge in [0.1, 0.15) is 5.75 Å². The number of piperazine rings is 1. The van der Waals surface area contributed by atoms with E-state index in [1.807, 2.05) is 55.5 Å². The fraction of sp³-hybridized carbons (Fsp3) is 0.273. The third-order valence-electron chi connectivity index (χ3n) is 5.13. The van der Waals surface area contributed by atoms with Crippen LogP contribution >= 0.6 is 22.6 Å². The Kier molecular flexibility index (Phi) is 6.73. The molecule has 2 heterocycles. The summed E-state index contributed by atoms with van der Waals surface area (Å²) in [5.74, 6) is 1.58. The number of nitrogens with zero attached hydrogens (tertiary/aromatic N) is 4. The highest BCUT2D eigenvalue weighted by Crippen LogP contribution is 2.23. The summed E-state index contributed by atoms with van der Waals surface area (Å²) in [5, 5.41) is 8.73. The van der Waals surface area contributed by atoms with Gasteiger partial charge in [-0.2, -0.15) is 4.31 Å². The summed E-state index contributed by atoms with van der Waals surface area (Å²) in [5.41, 5.74) is 1.75. The van der Waals surface area contributed by atoms with E-state index < -0.39 is 10.0 Å². The largest absolute Gasteiger partial charge is 0.494 e. The summed E-state index contributed by atoms with van der Waals surface area (Å²) < 4.78 is 33.8. The van der Waals surface area contributed by atoms with E-state index in [0.29, 0.717) is 37.7 Å². The number of ether oxygens (including phenoxy) is 1. The van der Waals surface area contributed by atoms with Crippen molar-refractivity contribution in [2.75, 3.05) is 37.7 Å². The second kappa shape index (κ2) is 9.49. The van der Waals surface area contributed by atoms with Gasteiger partial charge in [-0.05, 0) is 90.2 Å². The fourth-order valence-corrected chi connectivity index (χ4v) is 5.23. The number of halogens is 1. The van der Waals surface area contributed by atoms with Gasteiger partial charge in [0.05, 0.1) is 17.2 Å². The molecule has 162 valence electrons. The van der Waals surface area contributed by atoms with Crippen LogP contribution in [0.1, 0.15) is 6.92 Å². The number of hydrogen-bond acceptors (Lipinski definition) is 6. The SMILES string of the molecule is CCOc1ccc(-c2ccc(N3CCN(S(=O)(=O)c4ccc(I)cc4)CC3)nn2)cc1. The van der Waals surface area contributed by atoms with Crippen LogP contribution in [-0.2, 0) is 10.0 Å². The Morgan fingerprint density at radius 3 is 2.16 bits per heavy atom. The molecule has 0 spiro atoms. The van der Waals surface area contributed by atoms with Crippen molar-refractivity contribution in [3.8, 4) is 17.0 Å². The Hall–Kier alpha value is -2.24. The van der Waals surface area contributed by atoms with Gasteiger partial charge in [0.25, 0.3) is 0 Å². The number of sulfonamides is 1. The van der Waals surface area contributed by atoms with Crippen molar-refractivity contribution in [1.29, 1.82) is 0 Å². The number of anilines is 1. The average Bonchev–Trinajstić information content (AvgIpc) is 2.80. The molecule has 0 N–H and O–H groups in total. The molecule has 0 amide bonds. The number of hydrogen-bond donors (Lipinski definition) is 0. The molecule has 4 rings (SSSR count). The normalized spacial score (nSPS) is 15.1.